The minimum absolute atomic E-state index is 0.339. The Hall–Kier alpha value is -0.750. The highest BCUT2D eigenvalue weighted by atomic mass is 79.9. The van der Waals surface area contributed by atoms with Gasteiger partial charge in [-0.15, -0.1) is 0 Å². The Morgan fingerprint density at radius 2 is 1.79 bits per heavy atom. The molecule has 0 N–H and O–H groups in total. The minimum atomic E-state index is -0.762. The van der Waals surface area contributed by atoms with Gasteiger partial charge in [0.1, 0.15) is 15.8 Å². The molecule has 0 amide bonds. The second-order valence-corrected chi connectivity index (χ2v) is 6.51. The fraction of sp³-hybridized carbons (Fsp3) is 0.462. The molecule has 1 aromatic rings. The quantitative estimate of drug-likeness (QED) is 0.530. The van der Waals surface area contributed by atoms with Crippen LogP contribution in [0.15, 0.2) is 15.0 Å². The van der Waals surface area contributed by atoms with Crippen LogP contribution in [0.4, 0.5) is 4.79 Å². The van der Waals surface area contributed by atoms with Crippen LogP contribution in [0.5, 0.6) is 11.5 Å². The van der Waals surface area contributed by atoms with Crippen molar-refractivity contribution in [2.24, 2.45) is 0 Å². The molecule has 0 fully saturated rings. The fourth-order valence-corrected chi connectivity index (χ4v) is 2.52. The van der Waals surface area contributed by atoms with Crippen molar-refractivity contribution >= 4 is 38.0 Å². The van der Waals surface area contributed by atoms with E-state index in [9.17, 15) is 4.79 Å². The van der Waals surface area contributed by atoms with E-state index in [4.69, 9.17) is 14.2 Å². The summed E-state index contributed by atoms with van der Waals surface area (Å²) in [5, 5.41) is 0. The van der Waals surface area contributed by atoms with Crippen LogP contribution < -0.4 is 9.47 Å². The Bertz CT molecular complexity index is 492. The molecule has 0 saturated heterocycles. The second-order valence-electron chi connectivity index (χ2n) is 4.92. The van der Waals surface area contributed by atoms with Gasteiger partial charge in [0.25, 0.3) is 0 Å². The number of aryl methyl sites for hydroxylation is 1. The van der Waals surface area contributed by atoms with Gasteiger partial charge in [0, 0.05) is 0 Å². The molecule has 1 aromatic carbocycles. The van der Waals surface area contributed by atoms with Gasteiger partial charge < -0.3 is 14.2 Å². The van der Waals surface area contributed by atoms with Gasteiger partial charge in [-0.1, -0.05) is 0 Å². The number of carbonyl (C=O) groups excluding carboxylic acids is 1. The molecule has 0 saturated carbocycles. The Balaban J connectivity index is 3.07. The number of hydrogen-bond donors (Lipinski definition) is 0. The maximum atomic E-state index is 11.7. The van der Waals surface area contributed by atoms with Crippen LogP contribution in [0.2, 0.25) is 0 Å². The molecule has 0 radical (unpaired) electrons. The van der Waals surface area contributed by atoms with Crippen LogP contribution in [0, 0.1) is 6.92 Å². The highest BCUT2D eigenvalue weighted by Gasteiger charge is 2.22. The van der Waals surface area contributed by atoms with Gasteiger partial charge in [-0.05, 0) is 71.2 Å². The summed E-state index contributed by atoms with van der Waals surface area (Å²) in [6.07, 6.45) is -0.762. The lowest BCUT2D eigenvalue weighted by Crippen LogP contribution is -2.26. The summed E-state index contributed by atoms with van der Waals surface area (Å²) in [5.41, 5.74) is 0.280. The summed E-state index contributed by atoms with van der Waals surface area (Å²) >= 11 is 6.73. The van der Waals surface area contributed by atoms with Gasteiger partial charge >= 0.3 is 6.16 Å². The van der Waals surface area contributed by atoms with Gasteiger partial charge in [-0.25, -0.2) is 4.79 Å². The third-order valence-electron chi connectivity index (χ3n) is 2.10. The van der Waals surface area contributed by atoms with Crippen molar-refractivity contribution in [1.82, 2.24) is 0 Å². The van der Waals surface area contributed by atoms with E-state index in [1.54, 1.807) is 27.9 Å². The minimum Gasteiger partial charge on any atom is -0.495 e. The molecule has 106 valence electrons. The van der Waals surface area contributed by atoms with Gasteiger partial charge in [-0.2, -0.15) is 0 Å². The summed E-state index contributed by atoms with van der Waals surface area (Å²) in [4.78, 5) is 11.7. The van der Waals surface area contributed by atoms with Crippen LogP contribution in [-0.2, 0) is 4.74 Å². The van der Waals surface area contributed by atoms with Crippen molar-refractivity contribution in [3.8, 4) is 11.5 Å². The second kappa shape index (κ2) is 6.13. The Labute approximate surface area is 129 Å². The molecule has 4 nitrogen and oxygen atoms in total. The van der Waals surface area contributed by atoms with Gasteiger partial charge in [0.05, 0.1) is 11.6 Å². The molecule has 0 aliphatic heterocycles. The first-order chi connectivity index (χ1) is 8.65. The van der Waals surface area contributed by atoms with Crippen molar-refractivity contribution < 1.29 is 19.0 Å². The molecule has 6 heteroatoms. The monoisotopic (exact) mass is 394 g/mol. The summed E-state index contributed by atoms with van der Waals surface area (Å²) in [6, 6.07) is 1.83. The molecule has 19 heavy (non-hydrogen) atoms. The van der Waals surface area contributed by atoms with E-state index in [0.29, 0.717) is 20.4 Å². The standard InChI is InChI=1S/C13H16Br2O4/c1-7-6-8(17-5)10(15)11(9(7)14)18-12(16)19-13(2,3)4/h6H,1-5H3. The zero-order valence-electron chi connectivity index (χ0n) is 11.5. The van der Waals surface area contributed by atoms with E-state index in [-0.39, 0.29) is 0 Å². The lowest BCUT2D eigenvalue weighted by atomic mass is 10.2. The average Bonchev–Trinajstić information content (AvgIpc) is 2.27. The lowest BCUT2D eigenvalue weighted by molar-refractivity contribution is 0.0203. The number of halogens is 2. The van der Waals surface area contributed by atoms with Crippen molar-refractivity contribution in [2.45, 2.75) is 33.3 Å². The molecular formula is C13H16Br2O4. The van der Waals surface area contributed by atoms with Crippen LogP contribution >= 0.6 is 31.9 Å². The van der Waals surface area contributed by atoms with E-state index in [1.807, 2.05) is 13.0 Å². The number of benzene rings is 1. The van der Waals surface area contributed by atoms with Crippen LogP contribution in [0.3, 0.4) is 0 Å². The van der Waals surface area contributed by atoms with E-state index in [2.05, 4.69) is 31.9 Å². The van der Waals surface area contributed by atoms with E-state index in [1.165, 1.54) is 0 Å². The molecule has 0 heterocycles. The van der Waals surface area contributed by atoms with E-state index < -0.39 is 11.8 Å². The first-order valence-electron chi connectivity index (χ1n) is 5.59. The zero-order valence-corrected chi connectivity index (χ0v) is 14.6. The van der Waals surface area contributed by atoms with Gasteiger partial charge in [0.15, 0.2) is 5.75 Å². The van der Waals surface area contributed by atoms with Crippen LogP contribution in [0.1, 0.15) is 26.3 Å². The first-order valence-corrected chi connectivity index (χ1v) is 7.17. The maximum Gasteiger partial charge on any atom is 0.514 e. The summed E-state index contributed by atoms with van der Waals surface area (Å²) < 4.78 is 16.8. The number of rotatable bonds is 2. The SMILES string of the molecule is COc1cc(C)c(Br)c(OC(=O)OC(C)(C)C)c1Br. The highest BCUT2D eigenvalue weighted by molar-refractivity contribution is 9.11. The molecule has 0 aliphatic carbocycles. The molecule has 1 rings (SSSR count). The predicted octanol–water partition coefficient (Wildman–Crippen LogP) is 4.84. The molecule has 0 aromatic heterocycles. The number of carbonyl (C=O) groups is 1. The molecule has 0 bridgehead atoms. The van der Waals surface area contributed by atoms with E-state index >= 15 is 0 Å². The first kappa shape index (κ1) is 16.3. The predicted molar refractivity (Wildman–Crippen MR) is 80.0 cm³/mol. The summed E-state index contributed by atoms with van der Waals surface area (Å²) in [5.74, 6) is 0.922. The van der Waals surface area contributed by atoms with Crippen molar-refractivity contribution in [3.05, 3.63) is 20.6 Å². The highest BCUT2D eigenvalue weighted by Crippen LogP contribution is 2.42. The normalized spacial score (nSPS) is 11.1. The lowest BCUT2D eigenvalue weighted by Gasteiger charge is -2.20. The van der Waals surface area contributed by atoms with Crippen molar-refractivity contribution in [1.29, 1.82) is 0 Å². The third-order valence-corrected chi connectivity index (χ3v) is 3.84. The zero-order chi connectivity index (χ0) is 14.8. The maximum absolute atomic E-state index is 11.7. The molecule has 0 aliphatic rings. The van der Waals surface area contributed by atoms with Crippen LogP contribution in [-0.4, -0.2) is 18.9 Å². The largest absolute Gasteiger partial charge is 0.514 e. The average molecular weight is 396 g/mol. The third kappa shape index (κ3) is 4.38. The number of hydrogen-bond acceptors (Lipinski definition) is 4. The molecular weight excluding hydrogens is 380 g/mol. The smallest absolute Gasteiger partial charge is 0.495 e. The van der Waals surface area contributed by atoms with Gasteiger partial charge in [-0.3, -0.25) is 0 Å². The summed E-state index contributed by atoms with van der Waals surface area (Å²) in [7, 11) is 1.55. The summed E-state index contributed by atoms with van der Waals surface area (Å²) in [6.45, 7) is 7.19. The number of ether oxygens (including phenoxy) is 3. The van der Waals surface area contributed by atoms with Crippen molar-refractivity contribution in [2.75, 3.05) is 7.11 Å². The Kier molecular flexibility index (Phi) is 5.26. The Morgan fingerprint density at radius 3 is 2.26 bits per heavy atom. The fourth-order valence-electron chi connectivity index (χ4n) is 1.30. The molecule has 0 atom stereocenters. The van der Waals surface area contributed by atoms with Crippen molar-refractivity contribution in [3.63, 3.8) is 0 Å². The van der Waals surface area contributed by atoms with Crippen LogP contribution in [0.25, 0.3) is 0 Å². The van der Waals surface area contributed by atoms with E-state index in [0.717, 1.165) is 5.56 Å². The molecule has 0 unspecified atom stereocenters. The molecule has 0 spiro atoms. The Morgan fingerprint density at radius 1 is 1.21 bits per heavy atom. The number of methoxy groups -OCH3 is 1. The topological polar surface area (TPSA) is 44.8 Å². The van der Waals surface area contributed by atoms with Gasteiger partial charge in [0.2, 0.25) is 0 Å².